The second-order valence-corrected chi connectivity index (χ2v) is 17.1. The summed E-state index contributed by atoms with van der Waals surface area (Å²) in [5.74, 6) is 4.50. The van der Waals surface area contributed by atoms with Crippen LogP contribution in [0.15, 0.2) is 0 Å². The lowest BCUT2D eigenvalue weighted by atomic mass is 9.44. The molecule has 0 heterocycles. The molecule has 40 heavy (non-hydrogen) atoms. The van der Waals surface area contributed by atoms with Crippen LogP contribution in [0, 0.1) is 46.3 Å². The average Bonchev–Trinajstić information content (AvgIpc) is 3.20. The molecule has 4 saturated carbocycles. The Morgan fingerprint density at radius 2 is 1.73 bits per heavy atom. The van der Waals surface area contributed by atoms with Gasteiger partial charge in [0, 0.05) is 19.4 Å². The maximum atomic E-state index is 12.7. The molecule has 4 rings (SSSR count). The number of carbonyl (C=O) groups excluding carboxylic acids is 1. The van der Waals surface area contributed by atoms with Gasteiger partial charge in [0.25, 0.3) is 10.1 Å². The first-order valence-electron chi connectivity index (χ1n) is 16.4. The summed E-state index contributed by atoms with van der Waals surface area (Å²) in [5, 5.41) is 13.0. The zero-order valence-corrected chi connectivity index (χ0v) is 26.9. The third-order valence-corrected chi connectivity index (χ3v) is 13.3. The first kappa shape index (κ1) is 32.2. The van der Waals surface area contributed by atoms with Gasteiger partial charge >= 0.3 is 0 Å². The van der Waals surface area contributed by atoms with Gasteiger partial charge in [0.2, 0.25) is 5.91 Å². The van der Waals surface area contributed by atoms with Gasteiger partial charge in [0.05, 0.1) is 20.6 Å². The van der Waals surface area contributed by atoms with E-state index in [9.17, 15) is 18.3 Å². The van der Waals surface area contributed by atoms with E-state index < -0.39 is 22.0 Å². The van der Waals surface area contributed by atoms with E-state index in [-0.39, 0.29) is 12.5 Å². The Labute approximate surface area is 244 Å². The molecule has 0 aromatic heterocycles. The molecule has 0 unspecified atom stereocenters. The fourth-order valence-electron chi connectivity index (χ4n) is 10.6. The van der Waals surface area contributed by atoms with Crippen molar-refractivity contribution in [1.29, 1.82) is 0 Å². The molecule has 0 spiro atoms. The minimum Gasteiger partial charge on any atom is -0.386 e. The van der Waals surface area contributed by atoms with Crippen LogP contribution in [0.3, 0.4) is 0 Å². The van der Waals surface area contributed by atoms with Gasteiger partial charge in [-0.1, -0.05) is 33.6 Å². The third kappa shape index (κ3) is 7.26. The van der Waals surface area contributed by atoms with Crippen LogP contribution in [0.1, 0.15) is 104 Å². The molecule has 9 atom stereocenters. The van der Waals surface area contributed by atoms with Crippen LogP contribution < -0.4 is 5.32 Å². The summed E-state index contributed by atoms with van der Waals surface area (Å²) in [7, 11) is -0.357. The van der Waals surface area contributed by atoms with Crippen molar-refractivity contribution in [3.63, 3.8) is 0 Å². The summed E-state index contributed by atoms with van der Waals surface area (Å²) in [6, 6.07) is 0. The van der Waals surface area contributed by atoms with Gasteiger partial charge in [-0.25, -0.2) is 0 Å². The molecule has 4 fully saturated rings. The second kappa shape index (κ2) is 12.5. The van der Waals surface area contributed by atoms with Gasteiger partial charge in [0.1, 0.15) is 18.4 Å². The number of aliphatic hydroxyl groups excluding tert-OH is 1. The van der Waals surface area contributed by atoms with Crippen LogP contribution in [-0.2, 0) is 14.9 Å². The molecule has 0 aliphatic heterocycles. The van der Waals surface area contributed by atoms with Crippen molar-refractivity contribution >= 4 is 16.0 Å². The maximum Gasteiger partial charge on any atom is 0.267 e. The maximum absolute atomic E-state index is 12.7. The number of amides is 1. The topological polar surface area (TPSA) is 104 Å². The monoisotopic (exact) mass is 583 g/mol. The van der Waals surface area contributed by atoms with Crippen LogP contribution >= 0.6 is 0 Å². The van der Waals surface area contributed by atoms with E-state index in [4.69, 9.17) is 4.55 Å². The second-order valence-electron chi connectivity index (χ2n) is 15.6. The first-order valence-corrected chi connectivity index (χ1v) is 18.0. The number of nitrogens with zero attached hydrogens (tertiary/aromatic N) is 1. The molecule has 8 heteroatoms. The average molecular weight is 584 g/mol. The smallest absolute Gasteiger partial charge is 0.267 e. The van der Waals surface area contributed by atoms with Gasteiger partial charge in [-0.05, 0) is 104 Å². The highest BCUT2D eigenvalue weighted by Crippen LogP contribution is 2.68. The highest BCUT2D eigenvalue weighted by atomic mass is 32.2. The highest BCUT2D eigenvalue weighted by molar-refractivity contribution is 7.85. The number of hydrogen-bond acceptors (Lipinski definition) is 4. The summed E-state index contributed by atoms with van der Waals surface area (Å²) < 4.78 is 31.4. The quantitative estimate of drug-likeness (QED) is 0.165. The van der Waals surface area contributed by atoms with Gasteiger partial charge in [-0.15, -0.1) is 0 Å². The molecule has 232 valence electrons. The van der Waals surface area contributed by atoms with Crippen LogP contribution in [0.2, 0.25) is 0 Å². The van der Waals surface area contributed by atoms with Crippen LogP contribution in [0.5, 0.6) is 0 Å². The number of hydrogen-bond donors (Lipinski definition) is 3. The van der Waals surface area contributed by atoms with E-state index in [1.54, 1.807) is 0 Å². The first-order chi connectivity index (χ1) is 18.6. The van der Waals surface area contributed by atoms with Crippen LogP contribution in [-0.4, -0.2) is 74.1 Å². The number of likely N-dealkylation sites (N-methyl/N-ethyl adjacent to an activating group) is 1. The summed E-state index contributed by atoms with van der Waals surface area (Å²) in [4.78, 5) is 12.7. The molecule has 0 bridgehead atoms. The highest BCUT2D eigenvalue weighted by Gasteiger charge is 2.60. The number of aliphatic hydroxyl groups is 1. The van der Waals surface area contributed by atoms with Crippen molar-refractivity contribution in [3.05, 3.63) is 0 Å². The van der Waals surface area contributed by atoms with Crippen LogP contribution in [0.25, 0.3) is 0 Å². The van der Waals surface area contributed by atoms with E-state index in [1.165, 1.54) is 64.2 Å². The molecule has 4 aliphatic rings. The zero-order chi connectivity index (χ0) is 29.3. The Bertz CT molecular complexity index is 986. The Morgan fingerprint density at radius 1 is 1.00 bits per heavy atom. The third-order valence-electron chi connectivity index (χ3n) is 12.5. The largest absolute Gasteiger partial charge is 0.386 e. The minimum atomic E-state index is -4.19. The number of nitrogens with one attached hydrogen (secondary N) is 1. The molecule has 0 aromatic carbocycles. The fourth-order valence-corrected chi connectivity index (χ4v) is 11.2. The molecule has 1 amide bonds. The lowest BCUT2D eigenvalue weighted by Gasteiger charge is -2.61. The molecule has 7 nitrogen and oxygen atoms in total. The van der Waals surface area contributed by atoms with Gasteiger partial charge in [-0.2, -0.15) is 8.42 Å². The SMILES string of the molecule is C[C@H](CCC(=O)NCCC[N+](C)(C)C[C@@H](O)CS(=O)(=O)O)[C@H]1CC[C@H]2[C@@H]3CC[C@H]4CCCC[C@]4(C)[C@H]3CC[C@]12C. The van der Waals surface area contributed by atoms with Crippen molar-refractivity contribution in [3.8, 4) is 0 Å². The lowest BCUT2D eigenvalue weighted by molar-refractivity contribution is -0.893. The number of rotatable bonds is 12. The van der Waals surface area contributed by atoms with Crippen molar-refractivity contribution in [2.45, 2.75) is 110 Å². The molecule has 0 radical (unpaired) electrons. The van der Waals surface area contributed by atoms with Crippen molar-refractivity contribution < 1.29 is 27.4 Å². The summed E-state index contributed by atoms with van der Waals surface area (Å²) in [6.45, 7) is 9.18. The van der Waals surface area contributed by atoms with E-state index >= 15 is 0 Å². The van der Waals surface area contributed by atoms with Crippen molar-refractivity contribution in [1.82, 2.24) is 5.32 Å². The minimum absolute atomic E-state index is 0.121. The van der Waals surface area contributed by atoms with E-state index in [2.05, 4.69) is 26.1 Å². The lowest BCUT2D eigenvalue weighted by Crippen LogP contribution is -2.53. The number of carbonyl (C=O) groups is 1. The summed E-state index contributed by atoms with van der Waals surface area (Å²) in [6.07, 6.45) is 15.5. The standard InChI is InChI=1S/C32H58N2O5S/c1-23(10-15-30(36)33-19-8-20-34(4,5)21-25(35)22-40(37,38)39)27-13-14-28-26-12-11-24-9-6-7-17-31(24,2)29(26)16-18-32(27,28)3/h23-29,35H,6-22H2,1-5H3,(H-,33,36,37,38,39)/p+1/t23-,24-,25-,26+,27-,28+,29+,31+,32-/m1/s1. The Morgan fingerprint density at radius 3 is 2.45 bits per heavy atom. The predicted molar refractivity (Wildman–Crippen MR) is 160 cm³/mol. The predicted octanol–water partition coefficient (Wildman–Crippen LogP) is 5.28. The molecular weight excluding hydrogens is 524 g/mol. The molecule has 0 aromatic rings. The van der Waals surface area contributed by atoms with Gasteiger partial charge < -0.3 is 14.9 Å². The van der Waals surface area contributed by atoms with E-state index in [0.29, 0.717) is 40.7 Å². The van der Waals surface area contributed by atoms with Gasteiger partial charge in [0.15, 0.2) is 0 Å². The molecule has 4 aliphatic carbocycles. The molecule has 3 N–H and O–H groups in total. The van der Waals surface area contributed by atoms with Crippen molar-refractivity contribution in [2.75, 3.05) is 39.5 Å². The van der Waals surface area contributed by atoms with E-state index in [1.807, 2.05) is 14.1 Å². The number of quaternary nitrogens is 1. The van der Waals surface area contributed by atoms with E-state index in [0.717, 1.165) is 42.4 Å². The Kier molecular flexibility index (Phi) is 10.1. The van der Waals surface area contributed by atoms with Crippen molar-refractivity contribution in [2.24, 2.45) is 46.3 Å². The Hall–Kier alpha value is -0.700. The molecular formula is C32H59N2O5S+. The zero-order valence-electron chi connectivity index (χ0n) is 26.0. The summed E-state index contributed by atoms with van der Waals surface area (Å²) in [5.41, 5.74) is 1.04. The van der Waals surface area contributed by atoms with Gasteiger partial charge in [-0.3, -0.25) is 9.35 Å². The normalized spacial score (nSPS) is 37.6. The van der Waals surface area contributed by atoms with Crippen LogP contribution in [0.4, 0.5) is 0 Å². The Balaban J connectivity index is 1.20. The fraction of sp³-hybridized carbons (Fsp3) is 0.969. The summed E-state index contributed by atoms with van der Waals surface area (Å²) >= 11 is 0. The molecule has 0 saturated heterocycles. The number of fused-ring (bicyclic) bond motifs is 5.